The molecule has 0 heterocycles. The third-order valence-electron chi connectivity index (χ3n) is 0.897. The summed E-state index contributed by atoms with van der Waals surface area (Å²) in [6.07, 6.45) is -3.75. The van der Waals surface area contributed by atoms with Crippen LogP contribution in [0.3, 0.4) is 0 Å². The summed E-state index contributed by atoms with van der Waals surface area (Å²) in [6.45, 7) is 1.67. The first-order chi connectivity index (χ1) is 3.98. The van der Waals surface area contributed by atoms with Gasteiger partial charge in [0.1, 0.15) is 5.38 Å². The van der Waals surface area contributed by atoms with Crippen molar-refractivity contribution < 1.29 is 13.2 Å². The lowest BCUT2D eigenvalue weighted by molar-refractivity contribution is -0.131. The normalized spacial score (nSPS) is 15.7. The zero-order chi connectivity index (χ0) is 7.49. The van der Waals surface area contributed by atoms with Gasteiger partial charge in [-0.3, -0.25) is 0 Å². The molecule has 9 heavy (non-hydrogen) atoms. The second-order valence-corrected chi connectivity index (χ2v) is 2.32. The Morgan fingerprint density at radius 1 is 1.44 bits per heavy atom. The molecule has 0 spiro atoms. The molecule has 0 aliphatic rings. The molecular weight excluding hydrogens is 153 g/mol. The van der Waals surface area contributed by atoms with Crippen LogP contribution in [0.1, 0.15) is 19.8 Å². The number of halogens is 4. The van der Waals surface area contributed by atoms with E-state index >= 15 is 0 Å². The highest BCUT2D eigenvalue weighted by molar-refractivity contribution is 6.21. The lowest BCUT2D eigenvalue weighted by Gasteiger charge is -2.11. The van der Waals surface area contributed by atoms with Crippen molar-refractivity contribution in [2.24, 2.45) is 0 Å². The molecule has 0 nitrogen and oxygen atoms in total. The van der Waals surface area contributed by atoms with Crippen molar-refractivity contribution in [1.29, 1.82) is 0 Å². The molecule has 0 rings (SSSR count). The molecule has 4 heteroatoms. The van der Waals surface area contributed by atoms with Gasteiger partial charge in [-0.25, -0.2) is 0 Å². The summed E-state index contributed by atoms with van der Waals surface area (Å²) < 4.78 is 34.5. The largest absolute Gasteiger partial charge is 0.404 e. The molecule has 0 saturated heterocycles. The molecule has 0 aliphatic heterocycles. The third-order valence-corrected chi connectivity index (χ3v) is 1.36. The summed E-state index contributed by atoms with van der Waals surface area (Å²) in [7, 11) is 0. The van der Waals surface area contributed by atoms with Crippen LogP contribution in [0.25, 0.3) is 0 Å². The van der Waals surface area contributed by atoms with Crippen LogP contribution >= 0.6 is 11.6 Å². The van der Waals surface area contributed by atoms with Crippen LogP contribution in [-0.4, -0.2) is 11.6 Å². The fraction of sp³-hybridized carbons (Fsp3) is 1.00. The summed E-state index contributed by atoms with van der Waals surface area (Å²) >= 11 is 4.93. The van der Waals surface area contributed by atoms with Gasteiger partial charge in [0.05, 0.1) is 0 Å². The van der Waals surface area contributed by atoms with E-state index in [1.165, 1.54) is 0 Å². The Kier molecular flexibility index (Phi) is 3.33. The zero-order valence-electron chi connectivity index (χ0n) is 5.00. The van der Waals surface area contributed by atoms with Gasteiger partial charge in [0.15, 0.2) is 0 Å². The van der Waals surface area contributed by atoms with Crippen molar-refractivity contribution >= 4 is 11.6 Å². The van der Waals surface area contributed by atoms with Crippen LogP contribution in [0.2, 0.25) is 0 Å². The van der Waals surface area contributed by atoms with E-state index in [0.29, 0.717) is 6.42 Å². The topological polar surface area (TPSA) is 0 Å². The molecular formula is C5H8ClF3. The first-order valence-corrected chi connectivity index (χ1v) is 3.13. The summed E-state index contributed by atoms with van der Waals surface area (Å²) in [6, 6.07) is 0. The first kappa shape index (κ1) is 9.08. The maximum absolute atomic E-state index is 11.5. The maximum atomic E-state index is 11.5. The van der Waals surface area contributed by atoms with Crippen LogP contribution < -0.4 is 0 Å². The Morgan fingerprint density at radius 3 is 2.00 bits per heavy atom. The van der Waals surface area contributed by atoms with Crippen molar-refractivity contribution in [3.63, 3.8) is 0 Å². The van der Waals surface area contributed by atoms with E-state index in [-0.39, 0.29) is 6.42 Å². The van der Waals surface area contributed by atoms with E-state index in [9.17, 15) is 13.2 Å². The van der Waals surface area contributed by atoms with E-state index < -0.39 is 11.6 Å². The summed E-state index contributed by atoms with van der Waals surface area (Å²) in [5.41, 5.74) is 0. The Bertz CT molecular complexity index is 78.8. The number of hydrogen-bond acceptors (Lipinski definition) is 0. The second kappa shape index (κ2) is 3.30. The van der Waals surface area contributed by atoms with Crippen molar-refractivity contribution in [3.05, 3.63) is 0 Å². The van der Waals surface area contributed by atoms with Crippen LogP contribution in [0, 0.1) is 0 Å². The Labute approximate surface area is 57.0 Å². The third kappa shape index (κ3) is 3.62. The second-order valence-electron chi connectivity index (χ2n) is 1.80. The van der Waals surface area contributed by atoms with E-state index in [1.807, 2.05) is 0 Å². The molecule has 56 valence electrons. The van der Waals surface area contributed by atoms with Crippen molar-refractivity contribution in [2.75, 3.05) is 0 Å². The quantitative estimate of drug-likeness (QED) is 0.545. The lowest BCUT2D eigenvalue weighted by atomic mass is 10.2. The molecule has 0 saturated carbocycles. The van der Waals surface area contributed by atoms with Crippen molar-refractivity contribution in [2.45, 2.75) is 31.3 Å². The monoisotopic (exact) mass is 160 g/mol. The molecule has 0 radical (unpaired) electrons. The Hall–Kier alpha value is 0.0800. The highest BCUT2D eigenvalue weighted by atomic mass is 35.5. The fourth-order valence-electron chi connectivity index (χ4n) is 0.417. The van der Waals surface area contributed by atoms with Crippen LogP contribution in [0.15, 0.2) is 0 Å². The molecule has 0 amide bonds. The minimum atomic E-state index is -4.22. The number of alkyl halides is 4. The van der Waals surface area contributed by atoms with Gasteiger partial charge in [-0.2, -0.15) is 13.2 Å². The van der Waals surface area contributed by atoms with Gasteiger partial charge in [-0.05, 0) is 6.42 Å². The van der Waals surface area contributed by atoms with Crippen molar-refractivity contribution in [3.8, 4) is 0 Å². The maximum Gasteiger partial charge on any atom is 0.404 e. The molecule has 0 aliphatic carbocycles. The van der Waals surface area contributed by atoms with Gasteiger partial charge in [0.25, 0.3) is 0 Å². The van der Waals surface area contributed by atoms with Crippen molar-refractivity contribution in [1.82, 2.24) is 0 Å². The van der Waals surface area contributed by atoms with E-state index in [0.717, 1.165) is 0 Å². The first-order valence-electron chi connectivity index (χ1n) is 2.69. The summed E-state index contributed by atoms with van der Waals surface area (Å²) in [4.78, 5) is 0. The summed E-state index contributed by atoms with van der Waals surface area (Å²) in [5, 5.41) is -1.66. The van der Waals surface area contributed by atoms with Gasteiger partial charge in [-0.1, -0.05) is 13.3 Å². The van der Waals surface area contributed by atoms with Gasteiger partial charge in [0, 0.05) is 0 Å². The van der Waals surface area contributed by atoms with Gasteiger partial charge >= 0.3 is 6.18 Å². The molecule has 1 unspecified atom stereocenters. The minimum Gasteiger partial charge on any atom is -0.169 e. The predicted octanol–water partition coefficient (Wildman–Crippen LogP) is 2.96. The summed E-state index contributed by atoms with van der Waals surface area (Å²) in [5.74, 6) is 0. The van der Waals surface area contributed by atoms with Crippen LogP contribution in [0.4, 0.5) is 13.2 Å². The molecule has 0 aromatic rings. The Morgan fingerprint density at radius 2 is 1.89 bits per heavy atom. The minimum absolute atomic E-state index is 0.00502. The highest BCUT2D eigenvalue weighted by Gasteiger charge is 2.36. The molecule has 0 N–H and O–H groups in total. The average Bonchev–Trinajstić information content (AvgIpc) is 1.64. The standard InChI is InChI=1S/C5H8ClF3/c1-2-3-4(6)5(7,8)9/h4H,2-3H2,1H3. The average molecular weight is 161 g/mol. The molecule has 1 atom stereocenters. The van der Waals surface area contributed by atoms with Crippen LogP contribution in [-0.2, 0) is 0 Å². The Balaban J connectivity index is 3.59. The SMILES string of the molecule is CCCC(Cl)C(F)(F)F. The molecule has 0 bridgehead atoms. The van der Waals surface area contributed by atoms with Gasteiger partial charge < -0.3 is 0 Å². The predicted molar refractivity (Wildman–Crippen MR) is 30.6 cm³/mol. The highest BCUT2D eigenvalue weighted by Crippen LogP contribution is 2.27. The molecule has 0 aromatic heterocycles. The zero-order valence-corrected chi connectivity index (χ0v) is 5.76. The molecule has 0 aromatic carbocycles. The van der Waals surface area contributed by atoms with E-state index in [4.69, 9.17) is 11.6 Å². The number of rotatable bonds is 2. The lowest BCUT2D eigenvalue weighted by Crippen LogP contribution is -2.22. The smallest absolute Gasteiger partial charge is 0.169 e. The fourth-order valence-corrected chi connectivity index (χ4v) is 0.635. The van der Waals surface area contributed by atoms with E-state index in [2.05, 4.69) is 0 Å². The van der Waals surface area contributed by atoms with E-state index in [1.54, 1.807) is 6.92 Å². The van der Waals surface area contributed by atoms with Gasteiger partial charge in [0.2, 0.25) is 0 Å². The van der Waals surface area contributed by atoms with Crippen LogP contribution in [0.5, 0.6) is 0 Å². The molecule has 0 fully saturated rings. The van der Waals surface area contributed by atoms with Gasteiger partial charge in [-0.15, -0.1) is 11.6 Å². The number of hydrogen-bond donors (Lipinski definition) is 0.